The van der Waals surface area contributed by atoms with Gasteiger partial charge in [-0.2, -0.15) is 0 Å². The number of nitrogens with one attached hydrogen (secondary N) is 1. The molecular formula is C9H21N2OP. The Bertz CT molecular complexity index is 151. The second-order valence-corrected chi connectivity index (χ2v) is 3.37. The van der Waals surface area contributed by atoms with Crippen LogP contribution in [0, 0.1) is 0 Å². The molecule has 0 aromatic heterocycles. The van der Waals surface area contributed by atoms with Crippen molar-refractivity contribution in [1.82, 2.24) is 5.09 Å². The van der Waals surface area contributed by atoms with E-state index < -0.39 is 0 Å². The summed E-state index contributed by atoms with van der Waals surface area (Å²) >= 11 is 0. The van der Waals surface area contributed by atoms with E-state index in [1.165, 1.54) is 0 Å². The Hall–Kier alpha value is -0.110. The predicted molar refractivity (Wildman–Crippen MR) is 60.5 cm³/mol. The van der Waals surface area contributed by atoms with Gasteiger partial charge in [-0.05, 0) is 31.9 Å². The molecule has 0 aliphatic rings. The van der Waals surface area contributed by atoms with E-state index in [1.807, 2.05) is 13.0 Å². The standard InChI is InChI=1S/C9H21N2OP/c1-2-5-9(12)8(11-13)6-3-4-7-10/h5,8,11-12H,2-4,6-7,10,13H2,1H3/b9-5+. The highest BCUT2D eigenvalue weighted by atomic mass is 31.0. The summed E-state index contributed by atoms with van der Waals surface area (Å²) in [5.41, 5.74) is 5.39. The van der Waals surface area contributed by atoms with Crippen LogP contribution in [0.15, 0.2) is 11.8 Å². The van der Waals surface area contributed by atoms with Gasteiger partial charge in [-0.15, -0.1) is 0 Å². The van der Waals surface area contributed by atoms with Crippen molar-refractivity contribution in [3.63, 3.8) is 0 Å². The summed E-state index contributed by atoms with van der Waals surface area (Å²) in [6.45, 7) is 2.73. The van der Waals surface area contributed by atoms with Crippen LogP contribution in [0.5, 0.6) is 0 Å². The molecule has 0 aliphatic carbocycles. The molecule has 0 saturated carbocycles. The van der Waals surface area contributed by atoms with E-state index in [-0.39, 0.29) is 6.04 Å². The summed E-state index contributed by atoms with van der Waals surface area (Å²) in [5, 5.41) is 12.6. The van der Waals surface area contributed by atoms with Crippen molar-refractivity contribution in [1.29, 1.82) is 0 Å². The monoisotopic (exact) mass is 204 g/mol. The normalized spacial score (nSPS) is 14.5. The Morgan fingerprint density at radius 3 is 2.77 bits per heavy atom. The molecule has 78 valence electrons. The van der Waals surface area contributed by atoms with E-state index >= 15 is 0 Å². The van der Waals surface area contributed by atoms with Gasteiger partial charge >= 0.3 is 0 Å². The largest absolute Gasteiger partial charge is 0.511 e. The van der Waals surface area contributed by atoms with Gasteiger partial charge in [-0.1, -0.05) is 22.7 Å². The van der Waals surface area contributed by atoms with Crippen LogP contribution >= 0.6 is 9.39 Å². The van der Waals surface area contributed by atoms with Crippen LogP contribution in [-0.2, 0) is 0 Å². The van der Waals surface area contributed by atoms with Crippen LogP contribution in [0.25, 0.3) is 0 Å². The summed E-state index contributed by atoms with van der Waals surface area (Å²) in [4.78, 5) is 0. The molecule has 3 nitrogen and oxygen atoms in total. The second-order valence-electron chi connectivity index (χ2n) is 3.04. The van der Waals surface area contributed by atoms with Gasteiger partial charge < -0.3 is 10.8 Å². The molecule has 0 aromatic rings. The van der Waals surface area contributed by atoms with Gasteiger partial charge in [0.15, 0.2) is 0 Å². The number of nitrogens with two attached hydrogens (primary N) is 1. The SMILES string of the molecule is CC/C=C(/O)C(CCCCN)NP. The first kappa shape index (κ1) is 12.9. The van der Waals surface area contributed by atoms with E-state index in [1.54, 1.807) is 0 Å². The van der Waals surface area contributed by atoms with Gasteiger partial charge in [0.2, 0.25) is 0 Å². The van der Waals surface area contributed by atoms with Crippen LogP contribution in [0.4, 0.5) is 0 Å². The van der Waals surface area contributed by atoms with Gasteiger partial charge in [0.05, 0.1) is 6.04 Å². The molecular weight excluding hydrogens is 183 g/mol. The molecule has 0 aromatic carbocycles. The summed E-state index contributed by atoms with van der Waals surface area (Å²) in [5.74, 6) is 0.439. The quantitative estimate of drug-likeness (QED) is 0.336. The zero-order valence-corrected chi connectivity index (χ0v) is 9.45. The van der Waals surface area contributed by atoms with Gasteiger partial charge in [0, 0.05) is 0 Å². The molecule has 2 atom stereocenters. The van der Waals surface area contributed by atoms with E-state index in [0.29, 0.717) is 5.76 Å². The van der Waals surface area contributed by atoms with Crippen molar-refractivity contribution in [3.8, 4) is 0 Å². The zero-order valence-electron chi connectivity index (χ0n) is 8.29. The third-order valence-electron chi connectivity index (χ3n) is 1.92. The molecule has 13 heavy (non-hydrogen) atoms. The fraction of sp³-hybridized carbons (Fsp3) is 0.778. The molecule has 0 bridgehead atoms. The molecule has 0 heterocycles. The number of hydrogen-bond donors (Lipinski definition) is 3. The van der Waals surface area contributed by atoms with E-state index in [9.17, 15) is 5.11 Å². The maximum atomic E-state index is 9.56. The molecule has 4 N–H and O–H groups in total. The maximum Gasteiger partial charge on any atom is 0.105 e. The highest BCUT2D eigenvalue weighted by Gasteiger charge is 2.09. The highest BCUT2D eigenvalue weighted by Crippen LogP contribution is 2.09. The number of hydrogen-bond acceptors (Lipinski definition) is 3. The summed E-state index contributed by atoms with van der Waals surface area (Å²) in [6.07, 6.45) is 5.70. The van der Waals surface area contributed by atoms with E-state index in [0.717, 1.165) is 32.2 Å². The van der Waals surface area contributed by atoms with Crippen LogP contribution in [-0.4, -0.2) is 17.7 Å². The average Bonchev–Trinajstić information content (AvgIpc) is 2.13. The van der Waals surface area contributed by atoms with Crippen LogP contribution in [0.1, 0.15) is 32.6 Å². The highest BCUT2D eigenvalue weighted by molar-refractivity contribution is 7.13. The van der Waals surface area contributed by atoms with Gasteiger partial charge in [0.1, 0.15) is 5.76 Å². The van der Waals surface area contributed by atoms with Crippen molar-refractivity contribution in [3.05, 3.63) is 11.8 Å². The molecule has 2 unspecified atom stereocenters. The Morgan fingerprint density at radius 1 is 1.62 bits per heavy atom. The molecule has 0 aliphatic heterocycles. The fourth-order valence-electron chi connectivity index (χ4n) is 1.16. The van der Waals surface area contributed by atoms with Crippen molar-refractivity contribution >= 4 is 9.39 Å². The molecule has 0 amide bonds. The fourth-order valence-corrected chi connectivity index (χ4v) is 1.50. The lowest BCUT2D eigenvalue weighted by atomic mass is 10.1. The van der Waals surface area contributed by atoms with Gasteiger partial charge in [-0.25, -0.2) is 0 Å². The van der Waals surface area contributed by atoms with Crippen LogP contribution in [0.3, 0.4) is 0 Å². The second kappa shape index (κ2) is 8.49. The molecule has 0 radical (unpaired) electrons. The molecule has 4 heteroatoms. The topological polar surface area (TPSA) is 58.3 Å². The molecule has 0 rings (SSSR count). The number of aliphatic hydroxyl groups is 1. The van der Waals surface area contributed by atoms with E-state index in [2.05, 4.69) is 14.5 Å². The van der Waals surface area contributed by atoms with Crippen molar-refractivity contribution in [2.75, 3.05) is 6.54 Å². The third-order valence-corrected chi connectivity index (χ3v) is 2.32. The first-order chi connectivity index (χ1) is 6.26. The smallest absolute Gasteiger partial charge is 0.105 e. The van der Waals surface area contributed by atoms with Crippen molar-refractivity contribution < 1.29 is 5.11 Å². The van der Waals surface area contributed by atoms with Crippen molar-refractivity contribution in [2.24, 2.45) is 5.73 Å². The summed E-state index contributed by atoms with van der Waals surface area (Å²) in [6, 6.07) is 0.0662. The minimum absolute atomic E-state index is 0.0662. The van der Waals surface area contributed by atoms with Gasteiger partial charge in [0.25, 0.3) is 0 Å². The van der Waals surface area contributed by atoms with Crippen LogP contribution < -0.4 is 10.8 Å². The lowest BCUT2D eigenvalue weighted by molar-refractivity contribution is 0.345. The summed E-state index contributed by atoms with van der Waals surface area (Å²) < 4.78 is 0. The van der Waals surface area contributed by atoms with E-state index in [4.69, 9.17) is 5.73 Å². The molecule has 0 spiro atoms. The Kier molecular flexibility index (Phi) is 8.41. The lowest BCUT2D eigenvalue weighted by Crippen LogP contribution is -2.23. The number of aliphatic hydroxyl groups excluding tert-OH is 1. The Balaban J connectivity index is 3.80. The Morgan fingerprint density at radius 2 is 2.31 bits per heavy atom. The average molecular weight is 204 g/mol. The number of unbranched alkanes of at least 4 members (excludes halogenated alkanes) is 1. The molecule has 0 saturated heterocycles. The van der Waals surface area contributed by atoms with Crippen LogP contribution in [0.2, 0.25) is 0 Å². The van der Waals surface area contributed by atoms with Crippen molar-refractivity contribution in [2.45, 2.75) is 38.6 Å². The Labute approximate surface area is 83.0 Å². The third kappa shape index (κ3) is 6.03. The number of allylic oxidation sites excluding steroid dienone is 1. The predicted octanol–water partition coefficient (Wildman–Crippen LogP) is 1.72. The minimum atomic E-state index is 0.0662. The molecule has 0 fully saturated rings. The first-order valence-electron chi connectivity index (χ1n) is 4.81. The minimum Gasteiger partial charge on any atom is -0.511 e. The number of rotatable bonds is 7. The zero-order chi connectivity index (χ0) is 10.1. The maximum absolute atomic E-state index is 9.56. The van der Waals surface area contributed by atoms with Gasteiger partial charge in [-0.3, -0.25) is 5.09 Å². The first-order valence-corrected chi connectivity index (χ1v) is 5.39. The lowest BCUT2D eigenvalue weighted by Gasteiger charge is -2.14. The summed E-state index contributed by atoms with van der Waals surface area (Å²) in [7, 11) is 2.44.